The summed E-state index contributed by atoms with van der Waals surface area (Å²) in [4.78, 5) is 12.6. The highest BCUT2D eigenvalue weighted by molar-refractivity contribution is 7.54. The summed E-state index contributed by atoms with van der Waals surface area (Å²) in [6.07, 6.45) is 0. The number of nitrogens with one attached hydrogen (secondary N) is 1. The summed E-state index contributed by atoms with van der Waals surface area (Å²) in [5.74, 6) is -1.30. The number of ether oxygens (including phenoxy) is 1. The van der Waals surface area contributed by atoms with E-state index < -0.39 is 25.4 Å². The van der Waals surface area contributed by atoms with Crippen molar-refractivity contribution in [1.82, 2.24) is 5.32 Å². The predicted molar refractivity (Wildman–Crippen MR) is 99.8 cm³/mol. The number of hydrogen-bond donors (Lipinski definition) is 1. The average Bonchev–Trinajstić information content (AvgIpc) is 2.69. The summed E-state index contributed by atoms with van der Waals surface area (Å²) in [6, 6.07) is 17.4. The van der Waals surface area contributed by atoms with Crippen molar-refractivity contribution >= 4 is 13.6 Å². The fourth-order valence-electron chi connectivity index (χ4n) is 2.62. The molecule has 0 bridgehead atoms. The van der Waals surface area contributed by atoms with Gasteiger partial charge >= 0.3 is 13.6 Å². The number of benzene rings is 2. The Morgan fingerprint density at radius 2 is 1.46 bits per heavy atom. The molecular weight excluding hydrogens is 353 g/mol. The zero-order valence-corrected chi connectivity index (χ0v) is 16.0. The maximum absolute atomic E-state index is 13.1. The number of carbonyl (C=O) groups is 1. The van der Waals surface area contributed by atoms with Crippen LogP contribution in [0.2, 0.25) is 0 Å². The van der Waals surface area contributed by atoms with Gasteiger partial charge in [0.25, 0.3) is 0 Å². The summed E-state index contributed by atoms with van der Waals surface area (Å²) in [7, 11) is -0.919. The van der Waals surface area contributed by atoms with Crippen LogP contribution in [0.15, 0.2) is 60.7 Å². The van der Waals surface area contributed by atoms with Gasteiger partial charge in [0.05, 0.1) is 6.61 Å². The van der Waals surface area contributed by atoms with Gasteiger partial charge < -0.3 is 13.8 Å². The van der Waals surface area contributed by atoms with E-state index in [-0.39, 0.29) is 6.61 Å². The van der Waals surface area contributed by atoms with E-state index in [1.165, 1.54) is 14.2 Å². The second-order valence-corrected chi connectivity index (χ2v) is 7.81. The van der Waals surface area contributed by atoms with Crippen LogP contribution in [0.3, 0.4) is 0 Å². The van der Waals surface area contributed by atoms with Gasteiger partial charge in [0.1, 0.15) is 11.8 Å². The summed E-state index contributed by atoms with van der Waals surface area (Å²) < 4.78 is 28.7. The van der Waals surface area contributed by atoms with Crippen LogP contribution in [0.1, 0.15) is 29.9 Å². The van der Waals surface area contributed by atoms with Crippen molar-refractivity contribution in [3.05, 3.63) is 71.8 Å². The lowest BCUT2D eigenvalue weighted by molar-refractivity contribution is -0.146. The second-order valence-electron chi connectivity index (χ2n) is 5.48. The van der Waals surface area contributed by atoms with Crippen molar-refractivity contribution in [2.45, 2.75) is 18.7 Å². The Bertz CT molecular complexity index is 730. The highest BCUT2D eigenvalue weighted by atomic mass is 31.2. The van der Waals surface area contributed by atoms with Gasteiger partial charge in [0.2, 0.25) is 0 Å². The summed E-state index contributed by atoms with van der Waals surface area (Å²) in [6.45, 7) is 1.98. The van der Waals surface area contributed by atoms with Gasteiger partial charge in [0.15, 0.2) is 0 Å². The van der Waals surface area contributed by atoms with Crippen molar-refractivity contribution in [1.29, 1.82) is 0 Å². The highest BCUT2D eigenvalue weighted by Crippen LogP contribution is 2.59. The quantitative estimate of drug-likeness (QED) is 0.525. The number of carbonyl (C=O) groups excluding carboxylic acids is 1. The molecule has 0 aliphatic heterocycles. The van der Waals surface area contributed by atoms with Crippen molar-refractivity contribution in [3.63, 3.8) is 0 Å². The van der Waals surface area contributed by atoms with E-state index in [4.69, 9.17) is 13.8 Å². The fourth-order valence-corrected chi connectivity index (χ4v) is 4.06. The monoisotopic (exact) mass is 377 g/mol. The summed E-state index contributed by atoms with van der Waals surface area (Å²) in [5, 5.41) is 3.13. The van der Waals surface area contributed by atoms with Crippen LogP contribution in [0, 0.1) is 0 Å². The number of hydrogen-bond acceptors (Lipinski definition) is 6. The normalized spacial score (nSPS) is 13.8. The zero-order chi connectivity index (χ0) is 19.0. The molecule has 2 aromatic carbocycles. The van der Waals surface area contributed by atoms with Gasteiger partial charge in [-0.15, -0.1) is 0 Å². The largest absolute Gasteiger partial charge is 0.465 e. The summed E-state index contributed by atoms with van der Waals surface area (Å²) in [5.41, 5.74) is 1.38. The van der Waals surface area contributed by atoms with Crippen molar-refractivity contribution < 1.29 is 23.1 Å². The molecule has 0 radical (unpaired) electrons. The first kappa shape index (κ1) is 20.3. The first-order valence-corrected chi connectivity index (χ1v) is 9.90. The van der Waals surface area contributed by atoms with Crippen LogP contribution in [0.25, 0.3) is 0 Å². The van der Waals surface area contributed by atoms with E-state index in [0.29, 0.717) is 11.1 Å². The molecule has 2 atom stereocenters. The third-order valence-corrected chi connectivity index (χ3v) is 6.02. The Labute approximate surface area is 154 Å². The molecular formula is C19H24NO5P. The first-order chi connectivity index (χ1) is 12.6. The van der Waals surface area contributed by atoms with Gasteiger partial charge in [-0.05, 0) is 18.1 Å². The van der Waals surface area contributed by atoms with Gasteiger partial charge in [-0.2, -0.15) is 0 Å². The highest BCUT2D eigenvalue weighted by Gasteiger charge is 2.39. The Morgan fingerprint density at radius 1 is 0.962 bits per heavy atom. The maximum atomic E-state index is 13.1. The fraction of sp³-hybridized carbons (Fsp3) is 0.316. The topological polar surface area (TPSA) is 73.9 Å². The summed E-state index contributed by atoms with van der Waals surface area (Å²) >= 11 is 0. The molecule has 140 valence electrons. The molecule has 0 fully saturated rings. The number of rotatable bonds is 9. The van der Waals surface area contributed by atoms with Gasteiger partial charge in [0, 0.05) is 14.2 Å². The molecule has 1 unspecified atom stereocenters. The molecule has 6 nitrogen and oxygen atoms in total. The molecule has 0 saturated carbocycles. The van der Waals surface area contributed by atoms with E-state index in [1.54, 1.807) is 31.2 Å². The van der Waals surface area contributed by atoms with Crippen LogP contribution in [-0.2, 0) is 23.1 Å². The van der Waals surface area contributed by atoms with E-state index in [9.17, 15) is 9.36 Å². The molecule has 7 heteroatoms. The van der Waals surface area contributed by atoms with E-state index in [1.807, 2.05) is 36.4 Å². The molecule has 0 saturated heterocycles. The Balaban J connectivity index is 2.45. The minimum Gasteiger partial charge on any atom is -0.465 e. The lowest BCUT2D eigenvalue weighted by Gasteiger charge is -2.29. The van der Waals surface area contributed by atoms with Gasteiger partial charge in [-0.1, -0.05) is 60.7 Å². The number of esters is 1. The van der Waals surface area contributed by atoms with Crippen LogP contribution < -0.4 is 5.32 Å². The molecule has 0 amide bonds. The van der Waals surface area contributed by atoms with Crippen LogP contribution in [0.4, 0.5) is 0 Å². The standard InChI is InChI=1S/C19H24NO5P/c1-4-25-19(21)17(15-11-7-5-8-12-15)20-18(26(22,23-2)24-3)16-13-9-6-10-14-16/h5-14,17-18,20H,4H2,1-3H3/t17-,18?/m0/s1. The molecule has 0 heterocycles. The molecule has 1 N–H and O–H groups in total. The Kier molecular flexibility index (Phi) is 7.54. The SMILES string of the molecule is CCOC(=O)[C@@H](NC(c1ccccc1)P(=O)(OC)OC)c1ccccc1. The lowest BCUT2D eigenvalue weighted by Crippen LogP contribution is -2.34. The van der Waals surface area contributed by atoms with E-state index in [2.05, 4.69) is 5.32 Å². The lowest BCUT2D eigenvalue weighted by atomic mass is 10.1. The van der Waals surface area contributed by atoms with E-state index in [0.717, 1.165) is 0 Å². The van der Waals surface area contributed by atoms with Crippen molar-refractivity contribution in [2.24, 2.45) is 0 Å². The van der Waals surface area contributed by atoms with Crippen LogP contribution in [-0.4, -0.2) is 26.8 Å². The van der Waals surface area contributed by atoms with Gasteiger partial charge in [-0.25, -0.2) is 4.79 Å². The smallest absolute Gasteiger partial charge is 0.351 e. The maximum Gasteiger partial charge on any atom is 0.351 e. The van der Waals surface area contributed by atoms with Crippen LogP contribution >= 0.6 is 7.60 Å². The van der Waals surface area contributed by atoms with Crippen molar-refractivity contribution in [3.8, 4) is 0 Å². The average molecular weight is 377 g/mol. The third kappa shape index (κ3) is 4.80. The Morgan fingerprint density at radius 3 is 1.92 bits per heavy atom. The predicted octanol–water partition coefficient (Wildman–Crippen LogP) is 4.07. The molecule has 0 aliphatic rings. The molecule has 0 aromatic heterocycles. The van der Waals surface area contributed by atoms with E-state index >= 15 is 0 Å². The van der Waals surface area contributed by atoms with Gasteiger partial charge in [-0.3, -0.25) is 9.88 Å². The second kappa shape index (κ2) is 9.64. The zero-order valence-electron chi connectivity index (χ0n) is 15.1. The Hall–Kier alpha value is -1.98. The minimum atomic E-state index is -3.57. The molecule has 2 aromatic rings. The molecule has 0 aliphatic carbocycles. The molecule has 0 spiro atoms. The van der Waals surface area contributed by atoms with Crippen molar-refractivity contribution in [2.75, 3.05) is 20.8 Å². The van der Waals surface area contributed by atoms with Crippen LogP contribution in [0.5, 0.6) is 0 Å². The minimum absolute atomic E-state index is 0.242. The third-order valence-electron chi connectivity index (χ3n) is 3.92. The first-order valence-electron chi connectivity index (χ1n) is 8.29. The molecule has 26 heavy (non-hydrogen) atoms. The molecule has 2 rings (SSSR count).